The Labute approximate surface area is 110 Å². The molecule has 6 heteroatoms. The van der Waals surface area contributed by atoms with Crippen molar-refractivity contribution in [3.63, 3.8) is 0 Å². The molecular weight excluding hydrogens is 261 g/mol. The molecule has 0 radical (unpaired) electrons. The molecule has 2 nitrogen and oxygen atoms in total. The predicted molar refractivity (Wildman–Crippen MR) is 68.9 cm³/mol. The molecule has 0 amide bonds. The van der Waals surface area contributed by atoms with E-state index in [-0.39, 0.29) is 18.3 Å². The lowest BCUT2D eigenvalue weighted by Gasteiger charge is -2.34. The van der Waals surface area contributed by atoms with Crippen molar-refractivity contribution in [3.8, 4) is 0 Å². The second-order valence-corrected chi connectivity index (χ2v) is 6.29. The van der Waals surface area contributed by atoms with Crippen molar-refractivity contribution < 1.29 is 13.2 Å². The van der Waals surface area contributed by atoms with Crippen LogP contribution in [0.5, 0.6) is 0 Å². The summed E-state index contributed by atoms with van der Waals surface area (Å²) in [5, 5.41) is 3.09. The van der Waals surface area contributed by atoms with Gasteiger partial charge in [0.1, 0.15) is 5.54 Å². The Balaban J connectivity index is 2.00. The molecule has 1 heterocycles. The van der Waals surface area contributed by atoms with Gasteiger partial charge in [0.25, 0.3) is 0 Å². The lowest BCUT2D eigenvalue weighted by atomic mass is 9.84. The monoisotopic (exact) mass is 280 g/mol. The van der Waals surface area contributed by atoms with Crippen LogP contribution in [-0.4, -0.2) is 29.2 Å². The van der Waals surface area contributed by atoms with Gasteiger partial charge in [0.2, 0.25) is 0 Å². The number of hydrogen-bond donors (Lipinski definition) is 1. The topological polar surface area (TPSA) is 24.4 Å². The average molecular weight is 280 g/mol. The highest BCUT2D eigenvalue weighted by Gasteiger charge is 2.64. The van der Waals surface area contributed by atoms with Gasteiger partial charge < -0.3 is 5.32 Å². The number of nitrogens with zero attached hydrogens (tertiary/aromatic N) is 1. The maximum Gasteiger partial charge on any atom is 0.411 e. The summed E-state index contributed by atoms with van der Waals surface area (Å²) in [6.45, 7) is 4.88. The van der Waals surface area contributed by atoms with E-state index in [2.05, 4.69) is 24.2 Å². The summed E-state index contributed by atoms with van der Waals surface area (Å²) in [4.78, 5) is 4.33. The van der Waals surface area contributed by atoms with Crippen LogP contribution in [0.3, 0.4) is 0 Å². The molecule has 0 spiro atoms. The highest BCUT2D eigenvalue weighted by atomic mass is 32.2. The summed E-state index contributed by atoms with van der Waals surface area (Å²) in [6, 6.07) is 0. The summed E-state index contributed by atoms with van der Waals surface area (Å²) >= 11 is 1.44. The van der Waals surface area contributed by atoms with Crippen LogP contribution in [0.4, 0.5) is 13.2 Å². The third kappa shape index (κ3) is 2.49. The molecule has 0 saturated heterocycles. The molecule has 1 aliphatic carbocycles. The zero-order valence-corrected chi connectivity index (χ0v) is 11.5. The molecule has 104 valence electrons. The first-order valence-corrected chi connectivity index (χ1v) is 7.37. The van der Waals surface area contributed by atoms with E-state index in [0.717, 1.165) is 18.6 Å². The van der Waals surface area contributed by atoms with E-state index in [1.54, 1.807) is 0 Å². The summed E-state index contributed by atoms with van der Waals surface area (Å²) in [7, 11) is 0. The van der Waals surface area contributed by atoms with Gasteiger partial charge in [0.05, 0.1) is 0 Å². The highest BCUT2D eigenvalue weighted by molar-refractivity contribution is 8.13. The van der Waals surface area contributed by atoms with E-state index >= 15 is 0 Å². The van der Waals surface area contributed by atoms with Crippen LogP contribution in [-0.2, 0) is 0 Å². The standard InChI is InChI=1S/C12H19F3N2S/c1-3-10(4-2)7-16-9(18-8-10)17-11(5-6-11)12(13,14)15/h3-8H2,1-2H3,(H,16,17). The van der Waals surface area contributed by atoms with Crippen LogP contribution in [0.25, 0.3) is 0 Å². The van der Waals surface area contributed by atoms with Crippen molar-refractivity contribution in [1.82, 2.24) is 5.32 Å². The number of hydrogen-bond acceptors (Lipinski definition) is 3. The Bertz CT molecular complexity index is 344. The summed E-state index contributed by atoms with van der Waals surface area (Å²) in [5.41, 5.74) is -1.51. The molecule has 0 aromatic heterocycles. The van der Waals surface area contributed by atoms with E-state index in [4.69, 9.17) is 0 Å². The van der Waals surface area contributed by atoms with E-state index in [1.165, 1.54) is 11.8 Å². The largest absolute Gasteiger partial charge is 0.411 e. The molecule has 0 bridgehead atoms. The maximum absolute atomic E-state index is 12.8. The van der Waals surface area contributed by atoms with Crippen molar-refractivity contribution in [2.24, 2.45) is 10.4 Å². The summed E-state index contributed by atoms with van der Waals surface area (Å²) in [5.74, 6) is 0.861. The van der Waals surface area contributed by atoms with E-state index in [9.17, 15) is 13.2 Å². The molecule has 1 fully saturated rings. The van der Waals surface area contributed by atoms with Gasteiger partial charge in [-0.3, -0.25) is 4.99 Å². The van der Waals surface area contributed by atoms with E-state index in [1.807, 2.05) is 0 Å². The Morgan fingerprint density at radius 3 is 2.22 bits per heavy atom. The minimum absolute atomic E-state index is 0.169. The van der Waals surface area contributed by atoms with Gasteiger partial charge in [-0.25, -0.2) is 0 Å². The Morgan fingerprint density at radius 1 is 1.28 bits per heavy atom. The molecule has 18 heavy (non-hydrogen) atoms. The smallest absolute Gasteiger partial charge is 0.351 e. The number of nitrogens with one attached hydrogen (secondary N) is 1. The number of rotatable bonds is 3. The molecule has 1 N–H and O–H groups in total. The molecule has 2 rings (SSSR count). The van der Waals surface area contributed by atoms with Crippen molar-refractivity contribution in [1.29, 1.82) is 0 Å². The lowest BCUT2D eigenvalue weighted by molar-refractivity contribution is -0.161. The molecule has 1 saturated carbocycles. The van der Waals surface area contributed by atoms with Gasteiger partial charge in [-0.2, -0.15) is 13.2 Å². The molecular formula is C12H19F3N2S. The highest BCUT2D eigenvalue weighted by Crippen LogP contribution is 2.49. The van der Waals surface area contributed by atoms with Crippen LogP contribution in [0.1, 0.15) is 39.5 Å². The molecule has 2 aliphatic rings. The third-order valence-electron chi connectivity index (χ3n) is 4.21. The third-order valence-corrected chi connectivity index (χ3v) is 5.47. The number of alkyl halides is 3. The minimum Gasteiger partial charge on any atom is -0.351 e. The second-order valence-electron chi connectivity index (χ2n) is 5.32. The van der Waals surface area contributed by atoms with Gasteiger partial charge in [-0.15, -0.1) is 0 Å². The van der Waals surface area contributed by atoms with Crippen LogP contribution >= 0.6 is 11.8 Å². The SMILES string of the molecule is CCC1(CC)CN=C(NC2(C(F)(F)F)CC2)SC1. The normalized spacial score (nSPS) is 25.5. The van der Waals surface area contributed by atoms with Gasteiger partial charge in [-0.1, -0.05) is 25.6 Å². The fourth-order valence-electron chi connectivity index (χ4n) is 2.11. The van der Waals surface area contributed by atoms with Gasteiger partial charge in [-0.05, 0) is 31.1 Å². The first kappa shape index (κ1) is 14.0. The van der Waals surface area contributed by atoms with Crippen molar-refractivity contribution in [3.05, 3.63) is 0 Å². The summed E-state index contributed by atoms with van der Waals surface area (Å²) in [6.07, 6.45) is -1.78. The lowest BCUT2D eigenvalue weighted by Crippen LogP contribution is -2.48. The van der Waals surface area contributed by atoms with Gasteiger partial charge in [0.15, 0.2) is 5.17 Å². The maximum atomic E-state index is 12.8. The van der Waals surface area contributed by atoms with Gasteiger partial charge in [0, 0.05) is 12.3 Å². The Kier molecular flexibility index (Phi) is 3.60. The molecule has 1 aliphatic heterocycles. The van der Waals surface area contributed by atoms with Crippen LogP contribution in [0.2, 0.25) is 0 Å². The molecule has 0 aromatic carbocycles. The van der Waals surface area contributed by atoms with Gasteiger partial charge >= 0.3 is 6.18 Å². The number of amidine groups is 1. The van der Waals surface area contributed by atoms with Crippen LogP contribution in [0.15, 0.2) is 4.99 Å². The predicted octanol–water partition coefficient (Wildman–Crippen LogP) is 3.58. The van der Waals surface area contributed by atoms with Crippen molar-refractivity contribution >= 4 is 16.9 Å². The second kappa shape index (κ2) is 4.62. The van der Waals surface area contributed by atoms with E-state index in [0.29, 0.717) is 11.7 Å². The summed E-state index contributed by atoms with van der Waals surface area (Å²) < 4.78 is 38.4. The number of thioether (sulfide) groups is 1. The fraction of sp³-hybridized carbons (Fsp3) is 0.917. The number of halogens is 3. The van der Waals surface area contributed by atoms with Crippen LogP contribution < -0.4 is 5.32 Å². The zero-order valence-electron chi connectivity index (χ0n) is 10.7. The minimum atomic E-state index is -4.17. The first-order valence-electron chi connectivity index (χ1n) is 6.39. The average Bonchev–Trinajstić information content (AvgIpc) is 3.11. The van der Waals surface area contributed by atoms with Crippen molar-refractivity contribution in [2.45, 2.75) is 51.2 Å². The first-order chi connectivity index (χ1) is 8.36. The molecule has 0 unspecified atom stereocenters. The Morgan fingerprint density at radius 2 is 1.89 bits per heavy atom. The van der Waals surface area contributed by atoms with Crippen LogP contribution in [0, 0.1) is 5.41 Å². The molecule has 0 aromatic rings. The quantitative estimate of drug-likeness (QED) is 0.854. The Hall–Kier alpha value is -0.390. The zero-order chi connectivity index (χ0) is 13.4. The van der Waals surface area contributed by atoms with Crippen molar-refractivity contribution in [2.75, 3.05) is 12.3 Å². The molecule has 0 atom stereocenters. The fourth-order valence-corrected chi connectivity index (χ4v) is 3.48. The number of aliphatic imine (C=N–C) groups is 1. The van der Waals surface area contributed by atoms with E-state index < -0.39 is 11.7 Å².